The molecular weight excluding hydrogens is 420 g/mol. The Labute approximate surface area is 177 Å². The van der Waals surface area contributed by atoms with Crippen molar-refractivity contribution in [1.82, 2.24) is 9.97 Å². The number of fused-ring (bicyclic) bond motifs is 2. The summed E-state index contributed by atoms with van der Waals surface area (Å²) in [5, 5.41) is 20.6. The van der Waals surface area contributed by atoms with Crippen LogP contribution >= 0.6 is 22.7 Å². The summed E-state index contributed by atoms with van der Waals surface area (Å²) in [5.74, 6) is -2.30. The third-order valence-corrected chi connectivity index (χ3v) is 6.79. The highest BCUT2D eigenvalue weighted by Crippen LogP contribution is 2.43. The van der Waals surface area contributed by atoms with E-state index in [4.69, 9.17) is 0 Å². The molecular formula is C22H12N2O4S2. The third-order valence-electron chi connectivity index (χ3n) is 4.68. The molecule has 2 heterocycles. The SMILES string of the molecule is O=C(O)c1ccc(C(=O)O)c(-c2nc3ccccc3s2)c1-c1nc2ccccc2s1. The van der Waals surface area contributed by atoms with Crippen molar-refractivity contribution in [2.45, 2.75) is 0 Å². The van der Waals surface area contributed by atoms with Crippen molar-refractivity contribution >= 4 is 55.0 Å². The van der Waals surface area contributed by atoms with Crippen molar-refractivity contribution in [3.8, 4) is 21.1 Å². The fourth-order valence-corrected chi connectivity index (χ4v) is 5.42. The molecule has 0 saturated heterocycles. The summed E-state index contributed by atoms with van der Waals surface area (Å²) in [6.45, 7) is 0. The summed E-state index contributed by atoms with van der Waals surface area (Å²) in [7, 11) is 0. The molecule has 0 atom stereocenters. The lowest BCUT2D eigenvalue weighted by Crippen LogP contribution is -2.07. The van der Waals surface area contributed by atoms with Crippen LogP contribution in [0, 0.1) is 0 Å². The molecule has 30 heavy (non-hydrogen) atoms. The highest BCUT2D eigenvalue weighted by Gasteiger charge is 2.27. The van der Waals surface area contributed by atoms with Crippen LogP contribution in [0.1, 0.15) is 20.7 Å². The van der Waals surface area contributed by atoms with Gasteiger partial charge in [-0.25, -0.2) is 19.6 Å². The number of aromatic carboxylic acids is 2. The number of hydrogen-bond acceptors (Lipinski definition) is 6. The highest BCUT2D eigenvalue weighted by molar-refractivity contribution is 7.22. The topological polar surface area (TPSA) is 100 Å². The summed E-state index contributed by atoms with van der Waals surface area (Å²) >= 11 is 2.66. The van der Waals surface area contributed by atoms with Gasteiger partial charge in [-0.3, -0.25) is 0 Å². The molecule has 0 radical (unpaired) electrons. The van der Waals surface area contributed by atoms with Crippen LogP contribution in [0.2, 0.25) is 0 Å². The first-order chi connectivity index (χ1) is 14.5. The fraction of sp³-hybridized carbons (Fsp3) is 0. The molecule has 0 unspecified atom stereocenters. The van der Waals surface area contributed by atoms with Crippen LogP contribution in [0.25, 0.3) is 41.6 Å². The van der Waals surface area contributed by atoms with E-state index in [2.05, 4.69) is 9.97 Å². The number of carbonyl (C=O) groups is 2. The average molecular weight is 432 g/mol. The van der Waals surface area contributed by atoms with Gasteiger partial charge in [0.2, 0.25) is 0 Å². The number of rotatable bonds is 4. The van der Waals surface area contributed by atoms with E-state index < -0.39 is 11.9 Å². The summed E-state index contributed by atoms with van der Waals surface area (Å²) in [5.41, 5.74) is 2.00. The Morgan fingerprint density at radius 3 is 1.40 bits per heavy atom. The fourth-order valence-electron chi connectivity index (χ4n) is 3.36. The maximum Gasteiger partial charge on any atom is 0.336 e. The number of carboxylic acids is 2. The van der Waals surface area contributed by atoms with Crippen molar-refractivity contribution in [1.29, 1.82) is 0 Å². The molecule has 2 aromatic heterocycles. The first kappa shape index (κ1) is 18.4. The maximum absolute atomic E-state index is 12.1. The van der Waals surface area contributed by atoms with Crippen molar-refractivity contribution < 1.29 is 19.8 Å². The Bertz CT molecular complexity index is 1290. The molecule has 0 fully saturated rings. The molecule has 2 N–H and O–H groups in total. The van der Waals surface area contributed by atoms with Gasteiger partial charge in [-0.05, 0) is 36.4 Å². The van der Waals surface area contributed by atoms with Crippen LogP contribution in [-0.2, 0) is 0 Å². The Morgan fingerprint density at radius 1 is 0.633 bits per heavy atom. The smallest absolute Gasteiger partial charge is 0.336 e. The van der Waals surface area contributed by atoms with E-state index in [1.165, 1.54) is 34.8 Å². The van der Waals surface area contributed by atoms with Gasteiger partial charge in [0.05, 0.1) is 31.6 Å². The normalized spacial score (nSPS) is 11.2. The number of aromatic nitrogens is 2. The van der Waals surface area contributed by atoms with E-state index in [1.807, 2.05) is 48.5 Å². The standard InChI is InChI=1S/C22H12N2O4S2/c25-21(26)11-9-10-12(22(27)28)18(20-24-14-6-2-4-8-16(14)30-20)17(11)19-23-13-5-1-3-7-15(13)29-19/h1-10H,(H,25,26)(H,27,28). The number of hydrogen-bond donors (Lipinski definition) is 2. The molecule has 3 aromatic carbocycles. The van der Waals surface area contributed by atoms with Gasteiger partial charge in [0, 0.05) is 11.1 Å². The summed E-state index contributed by atoms with van der Waals surface area (Å²) in [6, 6.07) is 17.6. The molecule has 5 aromatic rings. The van der Waals surface area contributed by atoms with Crippen LogP contribution in [0.5, 0.6) is 0 Å². The minimum Gasteiger partial charge on any atom is -0.478 e. The van der Waals surface area contributed by atoms with E-state index in [-0.39, 0.29) is 22.3 Å². The molecule has 0 spiro atoms. The molecule has 0 aliphatic carbocycles. The average Bonchev–Trinajstić information content (AvgIpc) is 3.36. The molecule has 6 nitrogen and oxygen atoms in total. The van der Waals surface area contributed by atoms with Gasteiger partial charge in [-0.2, -0.15) is 0 Å². The first-order valence-electron chi connectivity index (χ1n) is 8.88. The van der Waals surface area contributed by atoms with Crippen LogP contribution < -0.4 is 0 Å². The van der Waals surface area contributed by atoms with Crippen LogP contribution in [0.15, 0.2) is 60.7 Å². The second-order valence-corrected chi connectivity index (χ2v) is 8.56. The van der Waals surface area contributed by atoms with Crippen LogP contribution in [-0.4, -0.2) is 32.1 Å². The molecule has 5 rings (SSSR count). The zero-order chi connectivity index (χ0) is 20.8. The Kier molecular flexibility index (Phi) is 4.30. The monoisotopic (exact) mass is 432 g/mol. The lowest BCUT2D eigenvalue weighted by molar-refractivity contribution is 0.0682. The van der Waals surface area contributed by atoms with Crippen molar-refractivity contribution in [3.05, 3.63) is 71.8 Å². The van der Waals surface area contributed by atoms with E-state index in [0.717, 1.165) is 20.4 Å². The van der Waals surface area contributed by atoms with E-state index in [0.29, 0.717) is 10.0 Å². The predicted octanol–water partition coefficient (Wildman–Crippen LogP) is 5.64. The lowest BCUT2D eigenvalue weighted by Gasteiger charge is -2.12. The number of benzene rings is 3. The van der Waals surface area contributed by atoms with Gasteiger partial charge in [0.25, 0.3) is 0 Å². The van der Waals surface area contributed by atoms with Crippen molar-refractivity contribution in [2.24, 2.45) is 0 Å². The van der Waals surface area contributed by atoms with Gasteiger partial charge in [0.15, 0.2) is 0 Å². The van der Waals surface area contributed by atoms with E-state index >= 15 is 0 Å². The number of nitrogens with zero attached hydrogens (tertiary/aromatic N) is 2. The van der Waals surface area contributed by atoms with Gasteiger partial charge >= 0.3 is 11.9 Å². The largest absolute Gasteiger partial charge is 0.478 e. The molecule has 0 aliphatic heterocycles. The molecule has 0 saturated carbocycles. The summed E-state index contributed by atoms with van der Waals surface area (Å²) in [6.07, 6.45) is 0. The van der Waals surface area contributed by atoms with Gasteiger partial charge in [-0.1, -0.05) is 24.3 Å². The van der Waals surface area contributed by atoms with Crippen molar-refractivity contribution in [3.63, 3.8) is 0 Å². The highest BCUT2D eigenvalue weighted by atomic mass is 32.1. The quantitative estimate of drug-likeness (QED) is 0.381. The lowest BCUT2D eigenvalue weighted by atomic mass is 9.96. The summed E-state index contributed by atoms with van der Waals surface area (Å²) in [4.78, 5) is 33.3. The minimum absolute atomic E-state index is 0.00619. The zero-order valence-electron chi connectivity index (χ0n) is 15.2. The van der Waals surface area contributed by atoms with Gasteiger partial charge < -0.3 is 10.2 Å². The maximum atomic E-state index is 12.1. The Hall–Kier alpha value is -3.62. The van der Waals surface area contributed by atoms with E-state index in [9.17, 15) is 19.8 Å². The van der Waals surface area contributed by atoms with Crippen LogP contribution in [0.3, 0.4) is 0 Å². The van der Waals surface area contributed by atoms with Gasteiger partial charge in [-0.15, -0.1) is 22.7 Å². The molecule has 0 bridgehead atoms. The first-order valence-corrected chi connectivity index (χ1v) is 10.5. The second kappa shape index (κ2) is 7.01. The third kappa shape index (κ3) is 2.94. The number of para-hydroxylation sites is 2. The van der Waals surface area contributed by atoms with Gasteiger partial charge in [0.1, 0.15) is 10.0 Å². The van der Waals surface area contributed by atoms with Crippen LogP contribution in [0.4, 0.5) is 0 Å². The molecule has 146 valence electrons. The molecule has 8 heteroatoms. The predicted molar refractivity (Wildman–Crippen MR) is 118 cm³/mol. The number of carboxylic acid groups (broad SMARTS) is 2. The van der Waals surface area contributed by atoms with Crippen molar-refractivity contribution in [2.75, 3.05) is 0 Å². The zero-order valence-corrected chi connectivity index (χ0v) is 16.8. The Balaban J connectivity index is 1.90. The molecule has 0 amide bonds. The second-order valence-electron chi connectivity index (χ2n) is 6.49. The number of thiazole rings is 2. The van der Waals surface area contributed by atoms with E-state index in [1.54, 1.807) is 0 Å². The Morgan fingerprint density at radius 2 is 1.03 bits per heavy atom. The summed E-state index contributed by atoms with van der Waals surface area (Å²) < 4.78 is 1.78. The molecule has 0 aliphatic rings. The minimum atomic E-state index is -1.15.